The number of hydrogen-bond acceptors (Lipinski definition) is 3. The fraction of sp³-hybridized carbons (Fsp3) is 0.464. The summed E-state index contributed by atoms with van der Waals surface area (Å²) in [6, 6.07) is 14.8. The third-order valence-electron chi connectivity index (χ3n) is 7.29. The molecule has 3 rings (SSSR count). The van der Waals surface area contributed by atoms with Gasteiger partial charge in [-0.1, -0.05) is 74.3 Å². The van der Waals surface area contributed by atoms with Gasteiger partial charge in [-0.05, 0) is 54.7 Å². The second-order valence-corrected chi connectivity index (χ2v) is 12.8. The summed E-state index contributed by atoms with van der Waals surface area (Å²) in [4.78, 5) is 16.2. The molecule has 2 aromatic carbocycles. The van der Waals surface area contributed by atoms with Crippen molar-refractivity contribution < 1.29 is 13.2 Å². The van der Waals surface area contributed by atoms with Gasteiger partial charge >= 0.3 is 0 Å². The van der Waals surface area contributed by atoms with Gasteiger partial charge in [0.05, 0.1) is 17.7 Å². The predicted molar refractivity (Wildman–Crippen MR) is 149 cm³/mol. The van der Waals surface area contributed by atoms with E-state index < -0.39 is 15.4 Å². The first-order valence-corrected chi connectivity index (χ1v) is 14.9. The maximum Gasteiger partial charge on any atom is 0.229 e. The maximum atomic E-state index is 14.3. The molecule has 1 unspecified atom stereocenters. The molecule has 4 atom stereocenters. The van der Waals surface area contributed by atoms with Crippen LogP contribution in [-0.2, 0) is 14.8 Å². The highest BCUT2D eigenvalue weighted by Crippen LogP contribution is 2.52. The number of benzene rings is 2. The minimum absolute atomic E-state index is 0.0111. The van der Waals surface area contributed by atoms with Crippen LogP contribution in [0.1, 0.15) is 63.1 Å². The van der Waals surface area contributed by atoms with Crippen molar-refractivity contribution in [2.75, 3.05) is 19.3 Å². The Morgan fingerprint density at radius 3 is 2.33 bits per heavy atom. The van der Waals surface area contributed by atoms with Crippen LogP contribution in [0.3, 0.4) is 0 Å². The molecule has 0 aromatic heterocycles. The zero-order chi connectivity index (χ0) is 26.7. The van der Waals surface area contributed by atoms with Crippen LogP contribution in [0.15, 0.2) is 61.2 Å². The van der Waals surface area contributed by atoms with Gasteiger partial charge < -0.3 is 4.90 Å². The third kappa shape index (κ3) is 6.16. The third-order valence-corrected chi connectivity index (χ3v) is 9.12. The summed E-state index contributed by atoms with van der Waals surface area (Å²) in [7, 11) is -3.43. The lowest BCUT2D eigenvalue weighted by molar-refractivity contribution is -0.154. The maximum absolute atomic E-state index is 14.3. The molecule has 2 aromatic rings. The Morgan fingerprint density at radius 1 is 1.14 bits per heavy atom. The first kappa shape index (κ1) is 28.7. The second kappa shape index (κ2) is 11.7. The van der Waals surface area contributed by atoms with Gasteiger partial charge in [0.2, 0.25) is 15.9 Å². The Kier molecular flexibility index (Phi) is 9.31. The van der Waals surface area contributed by atoms with Crippen molar-refractivity contribution >= 4 is 39.1 Å². The van der Waals surface area contributed by atoms with E-state index in [0.29, 0.717) is 35.9 Å². The molecular weight excluding hydrogens is 515 g/mol. The average Bonchev–Trinajstić information content (AvgIpc) is 2.82. The Balaban J connectivity index is 2.23. The molecule has 8 heteroatoms. The number of piperidine rings is 1. The smallest absolute Gasteiger partial charge is 0.229 e. The number of allylic oxidation sites excluding steroid dienone is 1. The van der Waals surface area contributed by atoms with Crippen molar-refractivity contribution in [3.05, 3.63) is 82.4 Å². The molecule has 1 saturated heterocycles. The molecule has 0 bridgehead atoms. The Hall–Kier alpha value is -1.86. The number of rotatable bonds is 10. The van der Waals surface area contributed by atoms with Gasteiger partial charge in [-0.3, -0.25) is 4.79 Å². The zero-order valence-corrected chi connectivity index (χ0v) is 23.8. The summed E-state index contributed by atoms with van der Waals surface area (Å²) in [5, 5.41) is 1.25. The van der Waals surface area contributed by atoms with Crippen LogP contribution in [0.4, 0.5) is 0 Å². The molecule has 0 spiro atoms. The summed E-state index contributed by atoms with van der Waals surface area (Å²) in [6.45, 7) is 10.3. The van der Waals surface area contributed by atoms with E-state index >= 15 is 0 Å². The van der Waals surface area contributed by atoms with E-state index in [4.69, 9.17) is 23.2 Å². The zero-order valence-electron chi connectivity index (χ0n) is 21.5. The molecule has 1 amide bonds. The number of carbonyl (C=O) groups excluding carboxylic acids is 1. The second-order valence-electron chi connectivity index (χ2n) is 9.90. The van der Waals surface area contributed by atoms with Crippen molar-refractivity contribution in [1.29, 1.82) is 0 Å². The first-order valence-electron chi connectivity index (χ1n) is 12.3. The number of nitrogens with zero attached hydrogens (tertiary/aromatic N) is 2. The molecule has 1 aliphatic heterocycles. The SMILES string of the molecule is C=CC[C@@]1(C)C[C@H](c2cccc(Cl)c2)[C@@H](c2ccc(Cl)cc2)N(C(CC)CN(CC)S(C)(=O)=O)C1=O. The van der Waals surface area contributed by atoms with E-state index in [-0.39, 0.29) is 30.5 Å². The van der Waals surface area contributed by atoms with E-state index in [1.165, 1.54) is 10.6 Å². The molecule has 1 aliphatic rings. The lowest BCUT2D eigenvalue weighted by atomic mass is 9.67. The molecule has 0 aliphatic carbocycles. The van der Waals surface area contributed by atoms with Crippen LogP contribution in [0.2, 0.25) is 10.0 Å². The van der Waals surface area contributed by atoms with E-state index in [1.807, 2.05) is 68.1 Å². The summed E-state index contributed by atoms with van der Waals surface area (Å²) < 4.78 is 26.4. The van der Waals surface area contributed by atoms with Crippen LogP contribution in [0.5, 0.6) is 0 Å². The first-order chi connectivity index (χ1) is 16.9. The van der Waals surface area contributed by atoms with Gasteiger partial charge in [-0.25, -0.2) is 12.7 Å². The fourth-order valence-electron chi connectivity index (χ4n) is 5.44. The number of sulfonamides is 1. The molecular formula is C28H36Cl2N2O3S. The number of likely N-dealkylation sites (tertiary alicyclic amines) is 1. The largest absolute Gasteiger partial charge is 0.330 e. The summed E-state index contributed by atoms with van der Waals surface area (Å²) >= 11 is 12.6. The molecule has 36 heavy (non-hydrogen) atoms. The summed E-state index contributed by atoms with van der Waals surface area (Å²) in [5.41, 5.74) is 1.31. The van der Waals surface area contributed by atoms with Crippen molar-refractivity contribution in [1.82, 2.24) is 9.21 Å². The Labute approximate surface area is 226 Å². The van der Waals surface area contributed by atoms with Gasteiger partial charge in [0.1, 0.15) is 0 Å². The van der Waals surface area contributed by atoms with Crippen LogP contribution in [0.25, 0.3) is 0 Å². The highest BCUT2D eigenvalue weighted by atomic mass is 35.5. The quantitative estimate of drug-likeness (QED) is 0.309. The highest BCUT2D eigenvalue weighted by Gasteiger charge is 2.51. The molecule has 0 N–H and O–H groups in total. The van der Waals surface area contributed by atoms with Gasteiger partial charge in [0.25, 0.3) is 0 Å². The van der Waals surface area contributed by atoms with Crippen molar-refractivity contribution in [2.24, 2.45) is 5.41 Å². The number of likely N-dealkylation sites (N-methyl/N-ethyl adjacent to an activating group) is 1. The molecule has 196 valence electrons. The average molecular weight is 552 g/mol. The number of hydrogen-bond donors (Lipinski definition) is 0. The molecule has 1 heterocycles. The Morgan fingerprint density at radius 2 is 1.81 bits per heavy atom. The monoisotopic (exact) mass is 550 g/mol. The Bertz CT molecular complexity index is 1190. The number of halogens is 2. The van der Waals surface area contributed by atoms with Crippen molar-refractivity contribution in [3.63, 3.8) is 0 Å². The van der Waals surface area contributed by atoms with Crippen molar-refractivity contribution in [2.45, 2.75) is 58.0 Å². The molecule has 0 radical (unpaired) electrons. The minimum Gasteiger partial charge on any atom is -0.330 e. The number of amides is 1. The lowest BCUT2D eigenvalue weighted by Crippen LogP contribution is -2.58. The molecule has 0 saturated carbocycles. The summed E-state index contributed by atoms with van der Waals surface area (Å²) in [6.07, 6.45) is 4.75. The predicted octanol–water partition coefficient (Wildman–Crippen LogP) is 6.69. The van der Waals surface area contributed by atoms with E-state index in [2.05, 4.69) is 12.6 Å². The van der Waals surface area contributed by atoms with Crippen molar-refractivity contribution in [3.8, 4) is 0 Å². The standard InChI is InChI=1S/C28H36Cl2N2O3S/c1-6-16-28(4)18-25(21-10-9-11-23(30)17-21)26(20-12-14-22(29)15-13-20)32(27(28)33)24(7-2)19-31(8-3)36(5,34)35/h6,9-15,17,24-26H,1,7-8,16,18-19H2,2-5H3/t24?,25-,26-,28+/m1/s1. The van der Waals surface area contributed by atoms with E-state index in [9.17, 15) is 13.2 Å². The lowest BCUT2D eigenvalue weighted by Gasteiger charge is -2.52. The van der Waals surface area contributed by atoms with E-state index in [1.54, 1.807) is 6.08 Å². The topological polar surface area (TPSA) is 57.7 Å². The van der Waals surface area contributed by atoms with Gasteiger partial charge in [-0.2, -0.15) is 0 Å². The van der Waals surface area contributed by atoms with Gasteiger partial charge in [-0.15, -0.1) is 6.58 Å². The normalized spacial score (nSPS) is 23.6. The van der Waals surface area contributed by atoms with E-state index in [0.717, 1.165) is 11.1 Å². The summed E-state index contributed by atoms with van der Waals surface area (Å²) in [5.74, 6) is -0.0492. The van der Waals surface area contributed by atoms with Crippen LogP contribution >= 0.6 is 23.2 Å². The molecule has 5 nitrogen and oxygen atoms in total. The van der Waals surface area contributed by atoms with Crippen LogP contribution in [0, 0.1) is 5.41 Å². The fourth-order valence-corrected chi connectivity index (χ4v) is 6.67. The van der Waals surface area contributed by atoms with Crippen LogP contribution in [-0.4, -0.2) is 48.9 Å². The highest BCUT2D eigenvalue weighted by molar-refractivity contribution is 7.88. The van der Waals surface area contributed by atoms with Gasteiger partial charge in [0.15, 0.2) is 0 Å². The number of carbonyl (C=O) groups is 1. The van der Waals surface area contributed by atoms with Crippen LogP contribution < -0.4 is 0 Å². The minimum atomic E-state index is -3.43. The molecule has 1 fully saturated rings. The van der Waals surface area contributed by atoms with Gasteiger partial charge in [0, 0.05) is 35.1 Å².